The lowest BCUT2D eigenvalue weighted by atomic mass is 10.3. The van der Waals surface area contributed by atoms with E-state index in [-0.39, 0.29) is 5.28 Å². The van der Waals surface area contributed by atoms with Gasteiger partial charge in [0.15, 0.2) is 5.82 Å². The Balaban J connectivity index is 2.12. The van der Waals surface area contributed by atoms with E-state index in [2.05, 4.69) is 25.0 Å². The van der Waals surface area contributed by atoms with Crippen molar-refractivity contribution in [1.29, 1.82) is 0 Å². The number of hydrogen-bond acceptors (Lipinski definition) is 5. The minimum absolute atomic E-state index is 0.120. The molecule has 0 N–H and O–H groups in total. The average molecular weight is 259 g/mol. The number of aromatic nitrogens is 6. The van der Waals surface area contributed by atoms with Crippen molar-refractivity contribution in [2.45, 2.75) is 0 Å². The Morgan fingerprint density at radius 2 is 2.00 bits per heavy atom. The molecule has 0 atom stereocenters. The molecule has 0 unspecified atom stereocenters. The normalized spacial score (nSPS) is 10.5. The standard InChI is InChI=1S/C11H7ClN6/c12-10-15-9(8-3-1-4-13-7-8)16-11(17-10)18-6-2-5-14-18/h1-7H. The second kappa shape index (κ2) is 4.50. The molecule has 0 fully saturated rings. The molecular formula is C11H7ClN6. The van der Waals surface area contributed by atoms with Crippen molar-refractivity contribution in [2.75, 3.05) is 0 Å². The van der Waals surface area contributed by atoms with E-state index in [1.165, 1.54) is 4.68 Å². The minimum atomic E-state index is 0.120. The van der Waals surface area contributed by atoms with Gasteiger partial charge in [0, 0.05) is 30.4 Å². The van der Waals surface area contributed by atoms with E-state index in [0.717, 1.165) is 5.56 Å². The largest absolute Gasteiger partial charge is 0.264 e. The highest BCUT2D eigenvalue weighted by Crippen LogP contribution is 2.15. The van der Waals surface area contributed by atoms with Crippen molar-refractivity contribution in [3.63, 3.8) is 0 Å². The Labute approximate surface area is 107 Å². The first kappa shape index (κ1) is 10.8. The highest BCUT2D eigenvalue weighted by Gasteiger charge is 2.08. The maximum absolute atomic E-state index is 5.89. The summed E-state index contributed by atoms with van der Waals surface area (Å²) in [6, 6.07) is 5.44. The van der Waals surface area contributed by atoms with E-state index in [4.69, 9.17) is 11.6 Å². The van der Waals surface area contributed by atoms with Gasteiger partial charge in [0.1, 0.15) is 0 Å². The van der Waals surface area contributed by atoms with Crippen LogP contribution in [0.1, 0.15) is 0 Å². The molecule has 18 heavy (non-hydrogen) atoms. The molecule has 0 radical (unpaired) electrons. The zero-order valence-electron chi connectivity index (χ0n) is 9.10. The maximum atomic E-state index is 5.89. The second-order valence-electron chi connectivity index (χ2n) is 3.42. The van der Waals surface area contributed by atoms with Gasteiger partial charge in [-0.25, -0.2) is 4.68 Å². The van der Waals surface area contributed by atoms with Crippen LogP contribution in [0.3, 0.4) is 0 Å². The highest BCUT2D eigenvalue weighted by atomic mass is 35.5. The number of nitrogens with zero attached hydrogens (tertiary/aromatic N) is 6. The Hall–Kier alpha value is -2.34. The molecule has 0 saturated heterocycles. The van der Waals surface area contributed by atoms with Crippen LogP contribution in [0.2, 0.25) is 5.28 Å². The molecule has 88 valence electrons. The van der Waals surface area contributed by atoms with Crippen LogP contribution >= 0.6 is 11.6 Å². The fraction of sp³-hybridized carbons (Fsp3) is 0. The average Bonchev–Trinajstić information content (AvgIpc) is 2.93. The van der Waals surface area contributed by atoms with Crippen molar-refractivity contribution in [3.05, 3.63) is 48.3 Å². The first-order valence-corrected chi connectivity index (χ1v) is 5.53. The number of halogens is 1. The summed E-state index contributed by atoms with van der Waals surface area (Å²) in [7, 11) is 0. The van der Waals surface area contributed by atoms with Crippen LogP contribution in [-0.4, -0.2) is 29.7 Å². The molecule has 0 aliphatic heterocycles. The number of rotatable bonds is 2. The van der Waals surface area contributed by atoms with E-state index in [0.29, 0.717) is 11.8 Å². The number of hydrogen-bond donors (Lipinski definition) is 0. The Morgan fingerprint density at radius 1 is 1.06 bits per heavy atom. The van der Waals surface area contributed by atoms with Gasteiger partial charge in [-0.15, -0.1) is 0 Å². The first-order chi connectivity index (χ1) is 8.83. The molecule has 7 heteroatoms. The molecule has 0 aromatic carbocycles. The maximum Gasteiger partial charge on any atom is 0.255 e. The minimum Gasteiger partial charge on any atom is -0.264 e. The van der Waals surface area contributed by atoms with Crippen molar-refractivity contribution in [2.24, 2.45) is 0 Å². The predicted molar refractivity (Wildman–Crippen MR) is 65.2 cm³/mol. The van der Waals surface area contributed by atoms with Gasteiger partial charge in [0.05, 0.1) is 0 Å². The Morgan fingerprint density at radius 3 is 2.72 bits per heavy atom. The summed E-state index contributed by atoms with van der Waals surface area (Å²) in [5.74, 6) is 0.840. The lowest BCUT2D eigenvalue weighted by Gasteiger charge is -2.03. The third-order valence-corrected chi connectivity index (χ3v) is 2.39. The summed E-state index contributed by atoms with van der Waals surface area (Å²) >= 11 is 5.89. The zero-order chi connectivity index (χ0) is 12.4. The fourth-order valence-corrected chi connectivity index (χ4v) is 1.61. The van der Waals surface area contributed by atoms with Crippen LogP contribution in [-0.2, 0) is 0 Å². The van der Waals surface area contributed by atoms with Crippen LogP contribution in [0.4, 0.5) is 0 Å². The topological polar surface area (TPSA) is 69.4 Å². The van der Waals surface area contributed by atoms with Gasteiger partial charge >= 0.3 is 0 Å². The molecule has 3 heterocycles. The van der Waals surface area contributed by atoms with Gasteiger partial charge in [-0.1, -0.05) is 0 Å². The van der Waals surface area contributed by atoms with E-state index >= 15 is 0 Å². The highest BCUT2D eigenvalue weighted by molar-refractivity contribution is 6.28. The van der Waals surface area contributed by atoms with Crippen LogP contribution in [0.15, 0.2) is 43.0 Å². The van der Waals surface area contributed by atoms with Gasteiger partial charge in [0.25, 0.3) is 5.95 Å². The summed E-state index contributed by atoms with van der Waals surface area (Å²) in [5, 5.41) is 4.17. The van der Waals surface area contributed by atoms with Crippen LogP contribution in [0.25, 0.3) is 17.3 Å². The van der Waals surface area contributed by atoms with Crippen LogP contribution in [0.5, 0.6) is 0 Å². The summed E-state index contributed by atoms with van der Waals surface area (Å²) in [5.41, 5.74) is 0.773. The molecule has 0 aliphatic carbocycles. The summed E-state index contributed by atoms with van der Waals surface area (Å²) < 4.78 is 1.52. The van der Waals surface area contributed by atoms with Gasteiger partial charge in [0.2, 0.25) is 5.28 Å². The SMILES string of the molecule is Clc1nc(-c2cccnc2)nc(-n2cccn2)n1. The van der Waals surface area contributed by atoms with Crippen molar-refractivity contribution < 1.29 is 0 Å². The molecule has 3 rings (SSSR count). The smallest absolute Gasteiger partial charge is 0.255 e. The lowest BCUT2D eigenvalue weighted by molar-refractivity contribution is 0.797. The monoisotopic (exact) mass is 258 g/mol. The second-order valence-corrected chi connectivity index (χ2v) is 3.76. The summed E-state index contributed by atoms with van der Waals surface area (Å²) in [6.45, 7) is 0. The quantitative estimate of drug-likeness (QED) is 0.701. The molecule has 6 nitrogen and oxygen atoms in total. The van der Waals surface area contributed by atoms with E-state index in [1.807, 2.05) is 6.07 Å². The van der Waals surface area contributed by atoms with E-state index in [1.54, 1.807) is 36.9 Å². The Kier molecular flexibility index (Phi) is 2.70. The molecule has 0 bridgehead atoms. The third kappa shape index (κ3) is 2.05. The van der Waals surface area contributed by atoms with Gasteiger partial charge < -0.3 is 0 Å². The van der Waals surface area contributed by atoms with Crippen molar-refractivity contribution >= 4 is 11.6 Å². The number of pyridine rings is 1. The third-order valence-electron chi connectivity index (χ3n) is 2.23. The van der Waals surface area contributed by atoms with Crippen molar-refractivity contribution in [1.82, 2.24) is 29.7 Å². The zero-order valence-corrected chi connectivity index (χ0v) is 9.86. The molecule has 0 amide bonds. The van der Waals surface area contributed by atoms with Gasteiger partial charge in [-0.2, -0.15) is 20.1 Å². The molecule has 0 spiro atoms. The first-order valence-electron chi connectivity index (χ1n) is 5.15. The summed E-state index contributed by atoms with van der Waals surface area (Å²) in [4.78, 5) is 16.4. The molecule has 3 aromatic heterocycles. The van der Waals surface area contributed by atoms with Gasteiger partial charge in [-0.3, -0.25) is 4.98 Å². The van der Waals surface area contributed by atoms with E-state index in [9.17, 15) is 0 Å². The summed E-state index contributed by atoms with van der Waals surface area (Å²) in [6.07, 6.45) is 6.72. The molecular weight excluding hydrogens is 252 g/mol. The van der Waals surface area contributed by atoms with Gasteiger partial charge in [-0.05, 0) is 29.8 Å². The Bertz CT molecular complexity index is 653. The van der Waals surface area contributed by atoms with Crippen LogP contribution < -0.4 is 0 Å². The van der Waals surface area contributed by atoms with E-state index < -0.39 is 0 Å². The fourth-order valence-electron chi connectivity index (χ4n) is 1.45. The molecule has 3 aromatic rings. The molecule has 0 aliphatic rings. The van der Waals surface area contributed by atoms with Crippen molar-refractivity contribution in [3.8, 4) is 17.3 Å². The molecule has 0 saturated carbocycles. The predicted octanol–water partition coefficient (Wildman–Crippen LogP) is 1.77. The lowest BCUT2D eigenvalue weighted by Crippen LogP contribution is -2.05. The van der Waals surface area contributed by atoms with Crippen LogP contribution in [0, 0.1) is 0 Å².